The quantitative estimate of drug-likeness (QED) is 0.652. The summed E-state index contributed by atoms with van der Waals surface area (Å²) in [6, 6.07) is 17.6. The summed E-state index contributed by atoms with van der Waals surface area (Å²) in [6.45, 7) is 5.47. The molecule has 1 fully saturated rings. The summed E-state index contributed by atoms with van der Waals surface area (Å²) < 4.78 is 11.0. The second-order valence-electron chi connectivity index (χ2n) is 7.33. The first-order valence-electron chi connectivity index (χ1n) is 9.49. The Morgan fingerprint density at radius 3 is 2.54 bits per heavy atom. The Hall–Kier alpha value is -3.15. The number of ether oxygens (including phenoxy) is 1. The average molecular weight is 377 g/mol. The van der Waals surface area contributed by atoms with Crippen molar-refractivity contribution >= 4 is 5.91 Å². The van der Waals surface area contributed by atoms with E-state index in [1.807, 2.05) is 54.6 Å². The molecule has 2 aromatic carbocycles. The number of nitrogens with zero attached hydrogens (tertiary/aromatic N) is 3. The summed E-state index contributed by atoms with van der Waals surface area (Å²) in [5, 5.41) is 4.04. The molecule has 1 saturated heterocycles. The predicted molar refractivity (Wildman–Crippen MR) is 105 cm³/mol. The lowest BCUT2D eigenvalue weighted by Gasteiger charge is -2.36. The molecule has 0 bridgehead atoms. The minimum absolute atomic E-state index is 0.0346. The molecule has 0 radical (unpaired) electrons. The molecule has 0 unspecified atom stereocenters. The van der Waals surface area contributed by atoms with Crippen LogP contribution in [0, 0.1) is 0 Å². The first-order valence-corrected chi connectivity index (χ1v) is 9.49. The lowest BCUT2D eigenvalue weighted by Crippen LogP contribution is -2.50. The highest BCUT2D eigenvalue weighted by molar-refractivity contribution is 5.78. The largest absolute Gasteiger partial charge is 0.484 e. The molecule has 0 saturated carbocycles. The van der Waals surface area contributed by atoms with Crippen LogP contribution in [0.3, 0.4) is 0 Å². The zero-order chi connectivity index (χ0) is 19.5. The fourth-order valence-corrected chi connectivity index (χ4v) is 3.13. The minimum atomic E-state index is -0.0352. The van der Waals surface area contributed by atoms with Gasteiger partial charge in [0.05, 0.1) is 5.92 Å². The van der Waals surface area contributed by atoms with E-state index in [0.717, 1.165) is 5.56 Å². The van der Waals surface area contributed by atoms with Crippen molar-refractivity contribution in [2.45, 2.75) is 25.7 Å². The van der Waals surface area contributed by atoms with E-state index in [9.17, 15) is 4.79 Å². The highest BCUT2D eigenvalue weighted by Crippen LogP contribution is 2.28. The third kappa shape index (κ3) is 3.91. The molecule has 0 spiro atoms. The van der Waals surface area contributed by atoms with Crippen molar-refractivity contribution < 1.29 is 14.1 Å². The summed E-state index contributed by atoms with van der Waals surface area (Å²) in [4.78, 5) is 18.5. The van der Waals surface area contributed by atoms with Gasteiger partial charge in [0.15, 0.2) is 6.61 Å². The Bertz CT molecular complexity index is 929. The molecule has 4 rings (SSSR count). The van der Waals surface area contributed by atoms with Crippen LogP contribution in [0.25, 0.3) is 11.4 Å². The summed E-state index contributed by atoms with van der Waals surface area (Å²) in [6.07, 6.45) is 0. The monoisotopic (exact) mass is 377 g/mol. The normalized spacial score (nSPS) is 14.2. The Balaban J connectivity index is 1.27. The maximum atomic E-state index is 12.3. The van der Waals surface area contributed by atoms with Crippen LogP contribution < -0.4 is 4.74 Å². The van der Waals surface area contributed by atoms with E-state index in [1.54, 1.807) is 4.90 Å². The second-order valence-corrected chi connectivity index (χ2v) is 7.33. The Kier molecular flexibility index (Phi) is 5.10. The van der Waals surface area contributed by atoms with E-state index in [1.165, 1.54) is 5.56 Å². The van der Waals surface area contributed by atoms with Crippen molar-refractivity contribution in [2.24, 2.45) is 0 Å². The van der Waals surface area contributed by atoms with Gasteiger partial charge in [-0.1, -0.05) is 61.5 Å². The maximum absolute atomic E-state index is 12.3. The lowest BCUT2D eigenvalue weighted by atomic mass is 10.0. The van der Waals surface area contributed by atoms with Crippen LogP contribution in [0.5, 0.6) is 5.75 Å². The number of carbonyl (C=O) groups is 1. The summed E-state index contributed by atoms with van der Waals surface area (Å²) in [5.41, 5.74) is 2.17. The number of aromatic nitrogens is 2. The Morgan fingerprint density at radius 2 is 1.86 bits per heavy atom. The molecule has 1 aromatic heterocycles. The predicted octanol–water partition coefficient (Wildman–Crippen LogP) is 3.86. The van der Waals surface area contributed by atoms with Gasteiger partial charge in [0, 0.05) is 18.7 Å². The van der Waals surface area contributed by atoms with Crippen molar-refractivity contribution in [3.8, 4) is 17.1 Å². The number of carbonyl (C=O) groups excluding carboxylic acids is 1. The first-order chi connectivity index (χ1) is 13.6. The van der Waals surface area contributed by atoms with Crippen LogP contribution in [-0.2, 0) is 4.79 Å². The van der Waals surface area contributed by atoms with Gasteiger partial charge >= 0.3 is 0 Å². The third-order valence-corrected chi connectivity index (χ3v) is 4.97. The van der Waals surface area contributed by atoms with Gasteiger partial charge in [-0.3, -0.25) is 4.79 Å². The highest BCUT2D eigenvalue weighted by atomic mass is 16.5. The molecular weight excluding hydrogens is 354 g/mol. The molecule has 0 atom stereocenters. The fraction of sp³-hybridized carbons (Fsp3) is 0.318. The molecule has 3 aromatic rings. The average Bonchev–Trinajstić information content (AvgIpc) is 3.16. The zero-order valence-corrected chi connectivity index (χ0v) is 16.0. The number of benzene rings is 2. The van der Waals surface area contributed by atoms with Crippen molar-refractivity contribution in [1.29, 1.82) is 0 Å². The second kappa shape index (κ2) is 7.84. The number of hydrogen-bond acceptors (Lipinski definition) is 5. The molecule has 6 nitrogen and oxygen atoms in total. The molecule has 144 valence electrons. The third-order valence-electron chi connectivity index (χ3n) is 4.97. The van der Waals surface area contributed by atoms with Gasteiger partial charge in [-0.2, -0.15) is 4.98 Å². The van der Waals surface area contributed by atoms with Crippen molar-refractivity contribution in [3.05, 3.63) is 66.1 Å². The molecule has 28 heavy (non-hydrogen) atoms. The lowest BCUT2D eigenvalue weighted by molar-refractivity contribution is -0.138. The van der Waals surface area contributed by atoms with Crippen LogP contribution in [0.15, 0.2) is 59.1 Å². The van der Waals surface area contributed by atoms with Gasteiger partial charge in [-0.25, -0.2) is 0 Å². The van der Waals surface area contributed by atoms with E-state index >= 15 is 0 Å². The summed E-state index contributed by atoms with van der Waals surface area (Å²) in [7, 11) is 0. The Labute approximate surface area is 164 Å². The van der Waals surface area contributed by atoms with Crippen molar-refractivity contribution in [1.82, 2.24) is 15.0 Å². The van der Waals surface area contributed by atoms with Gasteiger partial charge in [0.2, 0.25) is 11.7 Å². The maximum Gasteiger partial charge on any atom is 0.260 e. The topological polar surface area (TPSA) is 68.5 Å². The summed E-state index contributed by atoms with van der Waals surface area (Å²) in [5.74, 6) is 2.38. The number of rotatable bonds is 6. The van der Waals surface area contributed by atoms with Crippen LogP contribution in [-0.4, -0.2) is 40.6 Å². The molecule has 0 aliphatic carbocycles. The van der Waals surface area contributed by atoms with Crippen LogP contribution >= 0.6 is 0 Å². The van der Waals surface area contributed by atoms with E-state index in [-0.39, 0.29) is 18.4 Å². The van der Waals surface area contributed by atoms with Crippen LogP contribution in [0.4, 0.5) is 0 Å². The standard InChI is InChI=1S/C22H23N3O3/c1-15(2)16-8-10-19(11-9-16)27-14-20(26)25-12-18(13-25)22-23-21(24-28-22)17-6-4-3-5-7-17/h3-11,15,18H,12-14H2,1-2H3. The van der Waals surface area contributed by atoms with Gasteiger partial charge in [0.1, 0.15) is 5.75 Å². The van der Waals surface area contributed by atoms with Gasteiger partial charge < -0.3 is 14.2 Å². The highest BCUT2D eigenvalue weighted by Gasteiger charge is 2.35. The van der Waals surface area contributed by atoms with Crippen molar-refractivity contribution in [2.75, 3.05) is 19.7 Å². The number of likely N-dealkylation sites (tertiary alicyclic amines) is 1. The number of hydrogen-bond donors (Lipinski definition) is 0. The van der Waals surface area contributed by atoms with E-state index in [0.29, 0.717) is 36.5 Å². The fourth-order valence-electron chi connectivity index (χ4n) is 3.13. The zero-order valence-electron chi connectivity index (χ0n) is 16.0. The smallest absolute Gasteiger partial charge is 0.260 e. The summed E-state index contributed by atoms with van der Waals surface area (Å²) >= 11 is 0. The van der Waals surface area contributed by atoms with E-state index in [4.69, 9.17) is 9.26 Å². The molecule has 2 heterocycles. The van der Waals surface area contributed by atoms with Crippen LogP contribution in [0.2, 0.25) is 0 Å². The molecule has 1 aliphatic heterocycles. The Morgan fingerprint density at radius 1 is 1.14 bits per heavy atom. The number of amides is 1. The van der Waals surface area contributed by atoms with Crippen LogP contribution in [0.1, 0.15) is 37.1 Å². The molecule has 1 aliphatic rings. The molecular formula is C22H23N3O3. The molecule has 0 N–H and O–H groups in total. The van der Waals surface area contributed by atoms with E-state index < -0.39 is 0 Å². The van der Waals surface area contributed by atoms with E-state index in [2.05, 4.69) is 24.0 Å². The van der Waals surface area contributed by atoms with Gasteiger partial charge in [-0.15, -0.1) is 0 Å². The van der Waals surface area contributed by atoms with Crippen molar-refractivity contribution in [3.63, 3.8) is 0 Å². The minimum Gasteiger partial charge on any atom is -0.484 e. The van der Waals surface area contributed by atoms with Gasteiger partial charge in [-0.05, 0) is 23.6 Å². The SMILES string of the molecule is CC(C)c1ccc(OCC(=O)N2CC(c3nc(-c4ccccc4)no3)C2)cc1. The molecule has 6 heteroatoms. The molecule has 1 amide bonds. The first kappa shape index (κ1) is 18.2. The van der Waals surface area contributed by atoms with Gasteiger partial charge in [0.25, 0.3) is 5.91 Å².